The zero-order valence-electron chi connectivity index (χ0n) is 30.1. The van der Waals surface area contributed by atoms with Crippen molar-refractivity contribution < 1.29 is 28.8 Å². The number of rotatable bonds is 9. The predicted octanol–water partition coefficient (Wildman–Crippen LogP) is 6.59. The highest BCUT2D eigenvalue weighted by atomic mass is 16.2. The highest BCUT2D eigenvalue weighted by Crippen LogP contribution is 2.38. The minimum atomic E-state index is -0.404. The second kappa shape index (κ2) is 16.0. The average Bonchev–Trinajstić information content (AvgIpc) is 4.00. The topological polar surface area (TPSA) is 151 Å². The lowest BCUT2D eigenvalue weighted by molar-refractivity contribution is -0.132. The van der Waals surface area contributed by atoms with Gasteiger partial charge in [0.1, 0.15) is 0 Å². The smallest absolute Gasteiger partial charge is 0.245 e. The third-order valence-electron chi connectivity index (χ3n) is 12.7. The van der Waals surface area contributed by atoms with Gasteiger partial charge in [-0.25, -0.2) is 14.7 Å². The second-order valence-electron chi connectivity index (χ2n) is 16.2. The number of hydrogen-bond acceptors (Lipinski definition) is 9. The lowest BCUT2D eigenvalue weighted by atomic mass is 10.0. The van der Waals surface area contributed by atoms with E-state index in [0.717, 1.165) is 91.7 Å². The van der Waals surface area contributed by atoms with E-state index in [9.17, 15) is 28.8 Å². The monoisotopic (exact) mass is 702 g/mol. The van der Waals surface area contributed by atoms with Crippen LogP contribution in [0.15, 0.2) is 0 Å². The molecule has 12 nitrogen and oxygen atoms in total. The van der Waals surface area contributed by atoms with Crippen LogP contribution in [0.25, 0.3) is 0 Å². The molecule has 1 aromatic heterocycles. The number of amides is 6. The summed E-state index contributed by atoms with van der Waals surface area (Å²) in [5.74, 6) is -5.69. The SMILES string of the molecule is O=C(C1CCCC1)N(C(=O)C1CCCC1)c1nc(N(C(=O)C2CCCC2)C(=O)C2CCCC2)nc(N(C(=O)C2CCCC2)C(=O)C2CCCC2)n1. The maximum Gasteiger partial charge on any atom is 0.245 e. The summed E-state index contributed by atoms with van der Waals surface area (Å²) in [7, 11) is 0. The van der Waals surface area contributed by atoms with Gasteiger partial charge in [-0.15, -0.1) is 0 Å². The van der Waals surface area contributed by atoms with Crippen molar-refractivity contribution in [1.29, 1.82) is 0 Å². The first-order valence-electron chi connectivity index (χ1n) is 20.2. The van der Waals surface area contributed by atoms with Gasteiger partial charge in [-0.05, 0) is 77.0 Å². The standard InChI is InChI=1S/C39H54N6O6/c46-31(25-13-1-2-14-25)43(32(47)26-15-3-4-16-26)37-40-38(44(33(48)27-17-5-6-18-27)34(49)28-19-7-8-20-28)42-39(41-37)45(35(50)29-21-9-10-22-29)36(51)30-23-11-12-24-30/h25-30H,1-24H2. The Morgan fingerprint density at radius 2 is 0.431 bits per heavy atom. The Hall–Kier alpha value is -3.57. The quantitative estimate of drug-likeness (QED) is 0.260. The van der Waals surface area contributed by atoms with Crippen LogP contribution in [0.3, 0.4) is 0 Å². The highest BCUT2D eigenvalue weighted by Gasteiger charge is 2.44. The molecule has 0 unspecified atom stereocenters. The molecule has 1 aromatic rings. The largest absolute Gasteiger partial charge is 0.274 e. The Morgan fingerprint density at radius 3 is 0.569 bits per heavy atom. The Balaban J connectivity index is 1.40. The molecule has 0 atom stereocenters. The lowest BCUT2D eigenvalue weighted by Crippen LogP contribution is -2.48. The van der Waals surface area contributed by atoms with Crippen LogP contribution in [0, 0.1) is 35.5 Å². The number of nitrogens with zero attached hydrogens (tertiary/aromatic N) is 6. The zero-order valence-corrected chi connectivity index (χ0v) is 30.1. The summed E-state index contributed by atoms with van der Waals surface area (Å²) in [5.41, 5.74) is 0. The summed E-state index contributed by atoms with van der Waals surface area (Å²) >= 11 is 0. The average molecular weight is 703 g/mol. The molecule has 6 saturated carbocycles. The minimum Gasteiger partial charge on any atom is -0.274 e. The van der Waals surface area contributed by atoms with Crippen LogP contribution in [0.4, 0.5) is 17.8 Å². The van der Waals surface area contributed by atoms with Crippen LogP contribution in [0.2, 0.25) is 0 Å². The van der Waals surface area contributed by atoms with Gasteiger partial charge in [-0.3, -0.25) is 28.8 Å². The number of aromatic nitrogens is 3. The number of hydrogen-bond donors (Lipinski definition) is 0. The van der Waals surface area contributed by atoms with Gasteiger partial charge in [0, 0.05) is 35.5 Å². The van der Waals surface area contributed by atoms with E-state index in [0.29, 0.717) is 77.0 Å². The summed E-state index contributed by atoms with van der Waals surface area (Å²) in [5, 5.41) is 0. The first-order chi connectivity index (χ1) is 24.8. The van der Waals surface area contributed by atoms with Gasteiger partial charge in [-0.1, -0.05) is 77.0 Å². The molecule has 6 amide bonds. The molecule has 0 saturated heterocycles. The van der Waals surface area contributed by atoms with Crippen LogP contribution < -0.4 is 14.7 Å². The van der Waals surface area contributed by atoms with E-state index in [1.54, 1.807) is 0 Å². The van der Waals surface area contributed by atoms with E-state index in [1.165, 1.54) is 0 Å². The number of anilines is 3. The van der Waals surface area contributed by atoms with Crippen LogP contribution in [-0.2, 0) is 28.8 Å². The maximum absolute atomic E-state index is 14.4. The van der Waals surface area contributed by atoms with Crippen molar-refractivity contribution in [2.45, 2.75) is 154 Å². The molecular weight excluding hydrogens is 648 g/mol. The molecule has 6 fully saturated rings. The zero-order chi connectivity index (χ0) is 35.5. The molecule has 0 spiro atoms. The van der Waals surface area contributed by atoms with Crippen molar-refractivity contribution in [2.24, 2.45) is 35.5 Å². The van der Waals surface area contributed by atoms with Gasteiger partial charge in [0.25, 0.3) is 0 Å². The van der Waals surface area contributed by atoms with Gasteiger partial charge in [0.05, 0.1) is 0 Å². The van der Waals surface area contributed by atoms with Gasteiger partial charge < -0.3 is 0 Å². The molecule has 6 aliphatic carbocycles. The van der Waals surface area contributed by atoms with Gasteiger partial charge >= 0.3 is 0 Å². The highest BCUT2D eigenvalue weighted by molar-refractivity contribution is 6.18. The maximum atomic E-state index is 14.4. The van der Waals surface area contributed by atoms with Crippen molar-refractivity contribution in [3.8, 4) is 0 Å². The van der Waals surface area contributed by atoms with Gasteiger partial charge in [0.15, 0.2) is 0 Å². The molecule has 0 aromatic carbocycles. The Bertz CT molecular complexity index is 1220. The van der Waals surface area contributed by atoms with Crippen molar-refractivity contribution >= 4 is 53.3 Å². The van der Waals surface area contributed by atoms with Crippen LogP contribution in [-0.4, -0.2) is 50.4 Å². The Morgan fingerprint density at radius 1 is 0.294 bits per heavy atom. The van der Waals surface area contributed by atoms with Gasteiger partial charge in [-0.2, -0.15) is 15.0 Å². The third kappa shape index (κ3) is 7.52. The molecule has 276 valence electrons. The normalized spacial score (nSPS) is 22.6. The first kappa shape index (κ1) is 35.8. The fourth-order valence-electron chi connectivity index (χ4n) is 9.69. The molecule has 51 heavy (non-hydrogen) atoms. The predicted molar refractivity (Wildman–Crippen MR) is 189 cm³/mol. The molecular formula is C39H54N6O6. The number of carbonyl (C=O) groups excluding carboxylic acids is 6. The van der Waals surface area contributed by atoms with E-state index >= 15 is 0 Å². The van der Waals surface area contributed by atoms with Crippen molar-refractivity contribution in [1.82, 2.24) is 15.0 Å². The molecule has 0 aliphatic heterocycles. The van der Waals surface area contributed by atoms with Crippen LogP contribution in [0.1, 0.15) is 154 Å². The van der Waals surface area contributed by atoms with E-state index in [4.69, 9.17) is 15.0 Å². The van der Waals surface area contributed by atoms with Crippen LogP contribution in [0.5, 0.6) is 0 Å². The third-order valence-corrected chi connectivity index (χ3v) is 12.7. The number of carbonyl (C=O) groups is 6. The molecule has 12 heteroatoms. The molecule has 0 N–H and O–H groups in total. The summed E-state index contributed by atoms with van der Waals surface area (Å²) in [4.78, 5) is 104. The van der Waals surface area contributed by atoms with Crippen LogP contribution >= 0.6 is 0 Å². The van der Waals surface area contributed by atoms with E-state index < -0.39 is 71.0 Å². The fourth-order valence-corrected chi connectivity index (χ4v) is 9.69. The molecule has 6 aliphatic rings. The summed E-state index contributed by atoms with van der Waals surface area (Å²) < 4.78 is 0. The summed E-state index contributed by atoms with van der Waals surface area (Å²) in [6, 6.07) is 0. The van der Waals surface area contributed by atoms with Crippen molar-refractivity contribution in [3.63, 3.8) is 0 Å². The van der Waals surface area contributed by atoms with E-state index in [1.807, 2.05) is 0 Å². The fraction of sp³-hybridized carbons (Fsp3) is 0.769. The van der Waals surface area contributed by atoms with E-state index in [2.05, 4.69) is 0 Å². The first-order valence-corrected chi connectivity index (χ1v) is 20.2. The van der Waals surface area contributed by atoms with E-state index in [-0.39, 0.29) is 17.8 Å². The van der Waals surface area contributed by atoms with Gasteiger partial charge in [0.2, 0.25) is 53.3 Å². The molecule has 1 heterocycles. The van der Waals surface area contributed by atoms with Crippen molar-refractivity contribution in [2.75, 3.05) is 14.7 Å². The summed E-state index contributed by atoms with van der Waals surface area (Å²) in [6.45, 7) is 0. The molecule has 0 radical (unpaired) electrons. The minimum absolute atomic E-state index is 0.296. The molecule has 0 bridgehead atoms. The Kier molecular flexibility index (Phi) is 11.2. The molecule has 7 rings (SSSR count). The van der Waals surface area contributed by atoms with Crippen molar-refractivity contribution in [3.05, 3.63) is 0 Å². The number of imide groups is 3. The second-order valence-corrected chi connectivity index (χ2v) is 16.2. The summed E-state index contributed by atoms with van der Waals surface area (Å²) in [6.07, 6.45) is 18.1. The lowest BCUT2D eigenvalue weighted by Gasteiger charge is -2.30. The Labute approximate surface area is 300 Å².